The molecule has 1 unspecified atom stereocenters. The Morgan fingerprint density at radius 3 is 3.04 bits per heavy atom. The van der Waals surface area contributed by atoms with Crippen molar-refractivity contribution in [2.45, 2.75) is 25.3 Å². The number of ether oxygens (including phenoxy) is 2. The van der Waals surface area contributed by atoms with E-state index in [1.807, 2.05) is 12.1 Å². The van der Waals surface area contributed by atoms with Crippen LogP contribution in [0.25, 0.3) is 0 Å². The number of fused-ring (bicyclic) bond motifs is 1. The summed E-state index contributed by atoms with van der Waals surface area (Å²) in [5, 5.41) is 7.03. The van der Waals surface area contributed by atoms with Gasteiger partial charge in [-0.3, -0.25) is 14.7 Å². The highest BCUT2D eigenvalue weighted by atomic mass is 32.2. The molecule has 2 N–H and O–H groups in total. The first kappa shape index (κ1) is 18.1. The Morgan fingerprint density at radius 1 is 1.33 bits per heavy atom. The Balaban J connectivity index is 1.49. The van der Waals surface area contributed by atoms with Crippen molar-refractivity contribution in [2.24, 2.45) is 0 Å². The van der Waals surface area contributed by atoms with Crippen molar-refractivity contribution in [3.05, 3.63) is 35.7 Å². The number of hydrogen-bond acceptors (Lipinski definition) is 6. The molecule has 9 heteroatoms. The molecule has 0 saturated carbocycles. The summed E-state index contributed by atoms with van der Waals surface area (Å²) in [6.45, 7) is 3.74. The van der Waals surface area contributed by atoms with E-state index in [4.69, 9.17) is 9.47 Å². The molecule has 0 spiro atoms. The number of benzene rings is 1. The molecule has 8 nitrogen and oxygen atoms in total. The van der Waals surface area contributed by atoms with Gasteiger partial charge in [-0.05, 0) is 25.5 Å². The van der Waals surface area contributed by atoms with Gasteiger partial charge < -0.3 is 9.47 Å². The van der Waals surface area contributed by atoms with Gasteiger partial charge >= 0.3 is 0 Å². The number of piperidine rings is 1. The monoisotopic (exact) mass is 392 g/mol. The quantitative estimate of drug-likeness (QED) is 0.807. The number of rotatable bonds is 5. The lowest BCUT2D eigenvalue weighted by Gasteiger charge is -2.33. The molecule has 146 valence electrons. The van der Waals surface area contributed by atoms with Crippen LogP contribution < -0.4 is 14.2 Å². The Bertz CT molecular complexity index is 912. The predicted molar refractivity (Wildman–Crippen MR) is 102 cm³/mol. The average Bonchev–Trinajstić information content (AvgIpc) is 3.08. The summed E-state index contributed by atoms with van der Waals surface area (Å²) in [4.78, 5) is 2.37. The minimum Gasteiger partial charge on any atom is -0.486 e. The SMILES string of the molecule is CS(=O)(=O)Nc1cn[nH]c1C1CCCN(Cc2cccc3c2OCCO3)C1. The van der Waals surface area contributed by atoms with Crippen LogP contribution in [0, 0.1) is 0 Å². The molecule has 0 amide bonds. The molecule has 3 heterocycles. The maximum Gasteiger partial charge on any atom is 0.229 e. The molecule has 1 aromatic carbocycles. The largest absolute Gasteiger partial charge is 0.486 e. The number of hydrogen-bond donors (Lipinski definition) is 2. The molecular weight excluding hydrogens is 368 g/mol. The number of nitrogens with one attached hydrogen (secondary N) is 2. The molecule has 1 saturated heterocycles. The summed E-state index contributed by atoms with van der Waals surface area (Å²) in [5.74, 6) is 1.84. The summed E-state index contributed by atoms with van der Waals surface area (Å²) >= 11 is 0. The third-order valence-corrected chi connectivity index (χ3v) is 5.51. The first-order valence-corrected chi connectivity index (χ1v) is 11.0. The van der Waals surface area contributed by atoms with E-state index >= 15 is 0 Å². The maximum absolute atomic E-state index is 11.6. The number of sulfonamides is 1. The molecule has 2 aliphatic rings. The lowest BCUT2D eigenvalue weighted by Crippen LogP contribution is -2.34. The zero-order chi connectivity index (χ0) is 18.9. The van der Waals surface area contributed by atoms with Gasteiger partial charge in [-0.15, -0.1) is 0 Å². The van der Waals surface area contributed by atoms with Crippen molar-refractivity contribution in [3.63, 3.8) is 0 Å². The second kappa shape index (κ2) is 7.40. The van der Waals surface area contributed by atoms with Crippen molar-refractivity contribution in [1.82, 2.24) is 15.1 Å². The molecule has 2 aromatic rings. The zero-order valence-corrected chi connectivity index (χ0v) is 16.1. The molecule has 0 radical (unpaired) electrons. The van der Waals surface area contributed by atoms with Gasteiger partial charge in [-0.25, -0.2) is 8.42 Å². The van der Waals surface area contributed by atoms with Crippen molar-refractivity contribution in [1.29, 1.82) is 0 Å². The third kappa shape index (κ3) is 4.19. The van der Waals surface area contributed by atoms with E-state index in [0.717, 1.165) is 61.5 Å². The number of likely N-dealkylation sites (tertiary alicyclic amines) is 1. The molecule has 4 rings (SSSR count). The lowest BCUT2D eigenvalue weighted by molar-refractivity contribution is 0.161. The van der Waals surface area contributed by atoms with Gasteiger partial charge in [-0.1, -0.05) is 12.1 Å². The molecule has 1 atom stereocenters. The van der Waals surface area contributed by atoms with Crippen LogP contribution in [-0.2, 0) is 16.6 Å². The Labute approximate surface area is 158 Å². The van der Waals surface area contributed by atoms with Gasteiger partial charge in [0.1, 0.15) is 13.2 Å². The van der Waals surface area contributed by atoms with Crippen LogP contribution in [0.5, 0.6) is 11.5 Å². The molecule has 2 aliphatic heterocycles. The van der Waals surface area contributed by atoms with Crippen LogP contribution in [-0.4, -0.2) is 56.1 Å². The fourth-order valence-corrected chi connectivity index (χ4v) is 4.38. The number of nitrogens with zero attached hydrogens (tertiary/aromatic N) is 2. The number of H-pyrrole nitrogens is 1. The van der Waals surface area contributed by atoms with Crippen LogP contribution in [0.4, 0.5) is 5.69 Å². The Morgan fingerprint density at radius 2 is 2.19 bits per heavy atom. The van der Waals surface area contributed by atoms with E-state index in [0.29, 0.717) is 18.9 Å². The van der Waals surface area contributed by atoms with Crippen LogP contribution >= 0.6 is 0 Å². The lowest BCUT2D eigenvalue weighted by atomic mass is 9.93. The fourth-order valence-electron chi connectivity index (χ4n) is 3.82. The van der Waals surface area contributed by atoms with Gasteiger partial charge in [0, 0.05) is 24.6 Å². The normalized spacial score (nSPS) is 20.4. The van der Waals surface area contributed by atoms with Crippen molar-refractivity contribution in [3.8, 4) is 11.5 Å². The maximum atomic E-state index is 11.6. The highest BCUT2D eigenvalue weighted by Gasteiger charge is 2.27. The average molecular weight is 392 g/mol. The van der Waals surface area contributed by atoms with Crippen LogP contribution in [0.15, 0.2) is 24.4 Å². The smallest absolute Gasteiger partial charge is 0.229 e. The summed E-state index contributed by atoms with van der Waals surface area (Å²) in [7, 11) is -3.33. The standard InChI is InChI=1S/C18H24N4O4S/c1-27(23,24)21-15-10-19-20-17(15)13-5-3-7-22(11-13)12-14-4-2-6-16-18(14)26-9-8-25-16/h2,4,6,10,13,21H,3,5,7-9,11-12H2,1H3,(H,19,20). The van der Waals surface area contributed by atoms with Crippen molar-refractivity contribution >= 4 is 15.7 Å². The van der Waals surface area contributed by atoms with Crippen LogP contribution in [0.1, 0.15) is 30.0 Å². The number of para-hydroxylation sites is 1. The first-order valence-electron chi connectivity index (χ1n) is 9.10. The highest BCUT2D eigenvalue weighted by Crippen LogP contribution is 2.36. The molecule has 0 bridgehead atoms. The molecular formula is C18H24N4O4S. The van der Waals surface area contributed by atoms with Crippen molar-refractivity contribution < 1.29 is 17.9 Å². The minimum atomic E-state index is -3.33. The van der Waals surface area contributed by atoms with E-state index in [1.54, 1.807) is 0 Å². The summed E-state index contributed by atoms with van der Waals surface area (Å²) < 4.78 is 37.2. The van der Waals surface area contributed by atoms with Gasteiger partial charge in [-0.2, -0.15) is 5.10 Å². The first-order chi connectivity index (χ1) is 13.0. The highest BCUT2D eigenvalue weighted by molar-refractivity contribution is 7.92. The van der Waals surface area contributed by atoms with Crippen molar-refractivity contribution in [2.75, 3.05) is 37.3 Å². The predicted octanol–water partition coefficient (Wildman–Crippen LogP) is 1.93. The van der Waals surface area contributed by atoms with E-state index < -0.39 is 10.0 Å². The second-order valence-corrected chi connectivity index (χ2v) is 8.84. The minimum absolute atomic E-state index is 0.196. The zero-order valence-electron chi connectivity index (χ0n) is 15.3. The van der Waals surface area contributed by atoms with Gasteiger partial charge in [0.15, 0.2) is 11.5 Å². The Kier molecular flexibility index (Phi) is 4.96. The summed E-state index contributed by atoms with van der Waals surface area (Å²) in [6.07, 6.45) is 4.71. The molecule has 1 fully saturated rings. The number of aromatic nitrogens is 2. The third-order valence-electron chi connectivity index (χ3n) is 4.92. The van der Waals surface area contributed by atoms with Crippen LogP contribution in [0.3, 0.4) is 0 Å². The van der Waals surface area contributed by atoms with Gasteiger partial charge in [0.2, 0.25) is 10.0 Å². The summed E-state index contributed by atoms with van der Waals surface area (Å²) in [5.41, 5.74) is 2.50. The van der Waals surface area contributed by atoms with Gasteiger partial charge in [0.25, 0.3) is 0 Å². The number of anilines is 1. The van der Waals surface area contributed by atoms with E-state index in [2.05, 4.69) is 25.9 Å². The van der Waals surface area contributed by atoms with E-state index in [1.165, 1.54) is 6.20 Å². The summed E-state index contributed by atoms with van der Waals surface area (Å²) in [6, 6.07) is 6.00. The fraction of sp³-hybridized carbons (Fsp3) is 0.500. The second-order valence-electron chi connectivity index (χ2n) is 7.09. The topological polar surface area (TPSA) is 96.5 Å². The van der Waals surface area contributed by atoms with Gasteiger partial charge in [0.05, 0.1) is 23.8 Å². The number of aromatic amines is 1. The van der Waals surface area contributed by atoms with Crippen LogP contribution in [0.2, 0.25) is 0 Å². The van der Waals surface area contributed by atoms with E-state index in [9.17, 15) is 8.42 Å². The molecule has 27 heavy (non-hydrogen) atoms. The van der Waals surface area contributed by atoms with E-state index in [-0.39, 0.29) is 5.92 Å². The Hall–Kier alpha value is -2.26. The molecule has 0 aliphatic carbocycles. The molecule has 1 aromatic heterocycles.